The van der Waals surface area contributed by atoms with Gasteiger partial charge in [0.15, 0.2) is 0 Å². The van der Waals surface area contributed by atoms with Gasteiger partial charge in [-0.2, -0.15) is 0 Å². The van der Waals surface area contributed by atoms with Crippen molar-refractivity contribution in [3.05, 3.63) is 29.8 Å². The van der Waals surface area contributed by atoms with Crippen molar-refractivity contribution in [2.45, 2.75) is 39.5 Å². The Bertz CT molecular complexity index is 437. The largest absolute Gasteiger partial charge is 0.481 e. The number of nitrogens with one attached hydrogen (secondary N) is 1. The highest BCUT2D eigenvalue weighted by Gasteiger charge is 2.12. The fourth-order valence-corrected chi connectivity index (χ4v) is 1.85. The average molecular weight is 263 g/mol. The number of anilines is 1. The number of hydrogen-bond donors (Lipinski definition) is 2. The Hall–Kier alpha value is -1.84. The van der Waals surface area contributed by atoms with Gasteiger partial charge >= 0.3 is 5.97 Å². The Labute approximate surface area is 113 Å². The Balaban J connectivity index is 2.50. The zero-order valence-corrected chi connectivity index (χ0v) is 11.6. The Kier molecular flexibility index (Phi) is 5.55. The lowest BCUT2D eigenvalue weighted by Gasteiger charge is -2.10. The van der Waals surface area contributed by atoms with Gasteiger partial charge in [-0.15, -0.1) is 0 Å². The zero-order chi connectivity index (χ0) is 14.4. The maximum absolute atomic E-state index is 11.7. The molecule has 0 aromatic heterocycles. The van der Waals surface area contributed by atoms with Gasteiger partial charge in [-0.1, -0.05) is 32.9 Å². The predicted molar refractivity (Wildman–Crippen MR) is 75.2 cm³/mol. The summed E-state index contributed by atoms with van der Waals surface area (Å²) in [6.07, 6.45) is 0.234. The van der Waals surface area contributed by atoms with Gasteiger partial charge in [0, 0.05) is 18.5 Å². The Morgan fingerprint density at radius 1 is 1.11 bits per heavy atom. The summed E-state index contributed by atoms with van der Waals surface area (Å²) in [7, 11) is 0. The molecule has 0 aliphatic rings. The molecule has 0 fully saturated rings. The number of carboxylic acids is 1. The molecule has 0 heterocycles. The maximum atomic E-state index is 11.7. The number of hydrogen-bond acceptors (Lipinski definition) is 2. The summed E-state index contributed by atoms with van der Waals surface area (Å²) in [6.45, 7) is 5.98. The van der Waals surface area contributed by atoms with E-state index < -0.39 is 5.97 Å². The standard InChI is InChI=1S/C15H21NO3/c1-10(2)12-4-6-13(7-5-12)16-14(17)8-11(3)9-15(18)19/h4-7,10-11H,8-9H2,1-3H3,(H,16,17)(H,18,19). The molecule has 1 aromatic rings. The molecule has 0 bridgehead atoms. The van der Waals surface area contributed by atoms with Crippen LogP contribution < -0.4 is 5.32 Å². The van der Waals surface area contributed by atoms with E-state index >= 15 is 0 Å². The van der Waals surface area contributed by atoms with Crippen LogP contribution in [0.5, 0.6) is 0 Å². The summed E-state index contributed by atoms with van der Waals surface area (Å²) in [4.78, 5) is 22.2. The topological polar surface area (TPSA) is 66.4 Å². The fraction of sp³-hybridized carbons (Fsp3) is 0.467. The quantitative estimate of drug-likeness (QED) is 0.828. The second kappa shape index (κ2) is 6.92. The molecule has 0 saturated heterocycles. The van der Waals surface area contributed by atoms with Gasteiger partial charge in [-0.3, -0.25) is 9.59 Å². The molecule has 0 saturated carbocycles. The lowest BCUT2D eigenvalue weighted by molar-refractivity contribution is -0.138. The molecule has 0 spiro atoms. The molecule has 1 rings (SSSR count). The summed E-state index contributed by atoms with van der Waals surface area (Å²) in [5.41, 5.74) is 1.97. The molecule has 0 aliphatic heterocycles. The van der Waals surface area contributed by atoms with E-state index in [2.05, 4.69) is 19.2 Å². The Morgan fingerprint density at radius 3 is 2.16 bits per heavy atom. The molecule has 1 unspecified atom stereocenters. The first-order valence-electron chi connectivity index (χ1n) is 6.50. The van der Waals surface area contributed by atoms with Crippen molar-refractivity contribution in [3.8, 4) is 0 Å². The van der Waals surface area contributed by atoms with Crippen molar-refractivity contribution in [1.82, 2.24) is 0 Å². The minimum Gasteiger partial charge on any atom is -0.481 e. The lowest BCUT2D eigenvalue weighted by atomic mass is 10.0. The maximum Gasteiger partial charge on any atom is 0.303 e. The van der Waals surface area contributed by atoms with Crippen molar-refractivity contribution in [2.75, 3.05) is 5.32 Å². The molecule has 1 aromatic carbocycles. The molecule has 0 aliphatic carbocycles. The van der Waals surface area contributed by atoms with Gasteiger partial charge in [0.1, 0.15) is 0 Å². The molecule has 4 heteroatoms. The Morgan fingerprint density at radius 2 is 1.68 bits per heavy atom. The number of carboxylic acid groups (broad SMARTS) is 1. The van der Waals surface area contributed by atoms with E-state index in [1.807, 2.05) is 24.3 Å². The third-order valence-electron chi connectivity index (χ3n) is 2.92. The van der Waals surface area contributed by atoms with E-state index in [9.17, 15) is 9.59 Å². The summed E-state index contributed by atoms with van der Waals surface area (Å²) >= 11 is 0. The van der Waals surface area contributed by atoms with Crippen LogP contribution in [0.1, 0.15) is 45.1 Å². The zero-order valence-electron chi connectivity index (χ0n) is 11.6. The van der Waals surface area contributed by atoms with E-state index in [0.717, 1.165) is 5.69 Å². The van der Waals surface area contributed by atoms with Crippen LogP contribution in [0, 0.1) is 5.92 Å². The van der Waals surface area contributed by atoms with E-state index in [0.29, 0.717) is 5.92 Å². The number of carbonyl (C=O) groups is 2. The van der Waals surface area contributed by atoms with E-state index in [-0.39, 0.29) is 24.7 Å². The third kappa shape index (κ3) is 5.55. The van der Waals surface area contributed by atoms with Crippen molar-refractivity contribution in [1.29, 1.82) is 0 Å². The summed E-state index contributed by atoms with van der Waals surface area (Å²) < 4.78 is 0. The van der Waals surface area contributed by atoms with Crippen LogP contribution in [0.3, 0.4) is 0 Å². The predicted octanol–water partition coefficient (Wildman–Crippen LogP) is 3.25. The highest BCUT2D eigenvalue weighted by Crippen LogP contribution is 2.17. The van der Waals surface area contributed by atoms with Crippen molar-refractivity contribution in [2.24, 2.45) is 5.92 Å². The van der Waals surface area contributed by atoms with Crippen LogP contribution in [-0.4, -0.2) is 17.0 Å². The van der Waals surface area contributed by atoms with Crippen LogP contribution in [0.4, 0.5) is 5.69 Å². The van der Waals surface area contributed by atoms with Crippen LogP contribution in [0.2, 0.25) is 0 Å². The molecule has 104 valence electrons. The van der Waals surface area contributed by atoms with Gasteiger partial charge in [-0.05, 0) is 29.5 Å². The van der Waals surface area contributed by atoms with Gasteiger partial charge in [0.05, 0.1) is 0 Å². The van der Waals surface area contributed by atoms with E-state index in [4.69, 9.17) is 5.11 Å². The smallest absolute Gasteiger partial charge is 0.303 e. The normalized spacial score (nSPS) is 12.2. The first-order chi connectivity index (χ1) is 8.88. The minimum absolute atomic E-state index is 0.0136. The highest BCUT2D eigenvalue weighted by molar-refractivity contribution is 5.91. The SMILES string of the molecule is CC(CC(=O)O)CC(=O)Nc1ccc(C(C)C)cc1. The number of benzene rings is 1. The molecule has 19 heavy (non-hydrogen) atoms. The number of aliphatic carboxylic acids is 1. The number of carbonyl (C=O) groups excluding carboxylic acids is 1. The number of rotatable bonds is 6. The highest BCUT2D eigenvalue weighted by atomic mass is 16.4. The van der Waals surface area contributed by atoms with Crippen LogP contribution >= 0.6 is 0 Å². The minimum atomic E-state index is -0.874. The first-order valence-corrected chi connectivity index (χ1v) is 6.50. The van der Waals surface area contributed by atoms with E-state index in [1.165, 1.54) is 5.56 Å². The van der Waals surface area contributed by atoms with Crippen LogP contribution in [-0.2, 0) is 9.59 Å². The summed E-state index contributed by atoms with van der Waals surface area (Å²) in [6, 6.07) is 7.71. The summed E-state index contributed by atoms with van der Waals surface area (Å²) in [5, 5.41) is 11.4. The monoisotopic (exact) mass is 263 g/mol. The second-order valence-electron chi connectivity index (χ2n) is 5.23. The molecular formula is C15H21NO3. The number of amides is 1. The van der Waals surface area contributed by atoms with Crippen molar-refractivity contribution >= 4 is 17.6 Å². The molecule has 4 nitrogen and oxygen atoms in total. The van der Waals surface area contributed by atoms with Crippen molar-refractivity contribution in [3.63, 3.8) is 0 Å². The first kappa shape index (κ1) is 15.2. The van der Waals surface area contributed by atoms with Gasteiger partial charge in [-0.25, -0.2) is 0 Å². The van der Waals surface area contributed by atoms with Gasteiger partial charge < -0.3 is 10.4 Å². The third-order valence-corrected chi connectivity index (χ3v) is 2.92. The second-order valence-corrected chi connectivity index (χ2v) is 5.23. The fourth-order valence-electron chi connectivity index (χ4n) is 1.85. The van der Waals surface area contributed by atoms with Gasteiger partial charge in [0.25, 0.3) is 0 Å². The van der Waals surface area contributed by atoms with Gasteiger partial charge in [0.2, 0.25) is 5.91 Å². The molecule has 1 atom stereocenters. The average Bonchev–Trinajstić information content (AvgIpc) is 2.27. The molecule has 0 radical (unpaired) electrons. The van der Waals surface area contributed by atoms with E-state index in [1.54, 1.807) is 6.92 Å². The van der Waals surface area contributed by atoms with Crippen molar-refractivity contribution < 1.29 is 14.7 Å². The molecular weight excluding hydrogens is 242 g/mol. The van der Waals surface area contributed by atoms with Crippen LogP contribution in [0.25, 0.3) is 0 Å². The summed E-state index contributed by atoms with van der Waals surface area (Å²) in [5.74, 6) is -0.722. The van der Waals surface area contributed by atoms with Crippen LogP contribution in [0.15, 0.2) is 24.3 Å². The molecule has 2 N–H and O–H groups in total. The lowest BCUT2D eigenvalue weighted by Crippen LogP contribution is -2.16. The molecule has 1 amide bonds.